The Morgan fingerprint density at radius 3 is 2.22 bits per heavy atom. The first kappa shape index (κ1) is 8.57. The van der Waals surface area contributed by atoms with E-state index in [9.17, 15) is 4.79 Å². The minimum absolute atomic E-state index is 0.292. The number of carbonyl (C=O) groups excluding carboxylic acids is 1. The van der Waals surface area contributed by atoms with Crippen LogP contribution in [0.1, 0.15) is 12.8 Å². The van der Waals surface area contributed by atoms with E-state index in [-0.39, 0.29) is 0 Å². The molecule has 1 rings (SSSR count). The molecular weight excluding hydrogens is 137 g/mol. The molecule has 1 heterocycles. The molecule has 3 nitrogen and oxygen atoms in total. The minimum atomic E-state index is 0.292. The molecule has 0 aromatic carbocycles. The molecular formula is C5H10NO2P. The second-order valence-corrected chi connectivity index (χ2v) is 1.92. The van der Waals surface area contributed by atoms with Crippen LogP contribution in [0.2, 0.25) is 0 Å². The maximum Gasteiger partial charge on any atom is 0.222 e. The van der Waals surface area contributed by atoms with E-state index in [1.165, 1.54) is 0 Å². The van der Waals surface area contributed by atoms with Crippen LogP contribution >= 0.6 is 9.12 Å². The lowest BCUT2D eigenvalue weighted by Crippen LogP contribution is -2.17. The lowest BCUT2D eigenvalue weighted by atomic mass is 10.4. The molecule has 4 heteroatoms. The summed E-state index contributed by atoms with van der Waals surface area (Å²) in [6, 6.07) is 0. The zero-order valence-electron chi connectivity index (χ0n) is 5.39. The van der Waals surface area contributed by atoms with Gasteiger partial charge in [0.25, 0.3) is 0 Å². The van der Waals surface area contributed by atoms with Crippen LogP contribution < -0.4 is 0 Å². The maximum absolute atomic E-state index is 10.5. The van der Waals surface area contributed by atoms with E-state index in [1.807, 2.05) is 7.05 Å². The van der Waals surface area contributed by atoms with Crippen LogP contribution in [0.25, 0.3) is 0 Å². The van der Waals surface area contributed by atoms with Gasteiger partial charge in [0.1, 0.15) is 9.12 Å². The molecule has 9 heavy (non-hydrogen) atoms. The van der Waals surface area contributed by atoms with E-state index in [0.717, 1.165) is 19.4 Å². The number of rotatable bonds is 0. The van der Waals surface area contributed by atoms with Crippen molar-refractivity contribution in [2.24, 2.45) is 0 Å². The van der Waals surface area contributed by atoms with Crippen molar-refractivity contribution < 1.29 is 9.36 Å². The zero-order valence-corrected chi connectivity index (χ0v) is 6.39. The first-order valence-electron chi connectivity index (χ1n) is 2.75. The number of nitrogens with zero attached hydrogens (tertiary/aromatic N) is 1. The lowest BCUT2D eigenvalue weighted by molar-refractivity contribution is -0.126. The molecule has 0 aromatic rings. The van der Waals surface area contributed by atoms with Gasteiger partial charge in [-0.25, -0.2) is 0 Å². The van der Waals surface area contributed by atoms with Gasteiger partial charge >= 0.3 is 0 Å². The smallest absolute Gasteiger partial charge is 0.222 e. The minimum Gasteiger partial charge on any atom is -0.346 e. The van der Waals surface area contributed by atoms with Gasteiger partial charge in [-0.3, -0.25) is 9.36 Å². The Labute approximate surface area is 56.7 Å². The molecule has 0 spiro atoms. The predicted molar refractivity (Wildman–Crippen MR) is 35.9 cm³/mol. The van der Waals surface area contributed by atoms with E-state index in [2.05, 4.69) is 0 Å². The van der Waals surface area contributed by atoms with Crippen molar-refractivity contribution in [3.05, 3.63) is 0 Å². The molecule has 1 saturated heterocycles. The first-order valence-corrected chi connectivity index (χ1v) is 3.16. The number of hydrogen-bond donors (Lipinski definition) is 0. The average Bonchev–Trinajstić information content (AvgIpc) is 2.23. The summed E-state index contributed by atoms with van der Waals surface area (Å²) in [6.45, 7) is 0.957. The van der Waals surface area contributed by atoms with Gasteiger partial charge < -0.3 is 4.90 Å². The lowest BCUT2D eigenvalue weighted by Gasteiger charge is -2.03. The van der Waals surface area contributed by atoms with Crippen molar-refractivity contribution in [3.8, 4) is 0 Å². The standard InChI is InChI=1S/C5H9NO.HOP/c1-6-4-2-3-5(6)7;1-2/h2-4H2,1H3;2H. The van der Waals surface area contributed by atoms with Crippen LogP contribution in [0.4, 0.5) is 0 Å². The van der Waals surface area contributed by atoms with Crippen LogP contribution in [-0.4, -0.2) is 24.4 Å². The Kier molecular flexibility index (Phi) is 4.24. The zero-order chi connectivity index (χ0) is 7.28. The predicted octanol–water partition coefficient (Wildman–Crippen LogP) is 0.713. The van der Waals surface area contributed by atoms with Gasteiger partial charge in [-0.15, -0.1) is 0 Å². The van der Waals surface area contributed by atoms with Gasteiger partial charge in [-0.05, 0) is 6.42 Å². The monoisotopic (exact) mass is 147 g/mol. The van der Waals surface area contributed by atoms with E-state index in [0.29, 0.717) is 5.91 Å². The maximum atomic E-state index is 10.5. The molecule has 0 saturated carbocycles. The summed E-state index contributed by atoms with van der Waals surface area (Å²) in [7, 11) is 3.56. The van der Waals surface area contributed by atoms with E-state index in [1.54, 1.807) is 14.0 Å². The number of likely N-dealkylation sites (tertiary alicyclic amines) is 1. The quantitative estimate of drug-likeness (QED) is 0.473. The third kappa shape index (κ3) is 2.56. The Bertz CT molecular complexity index is 107. The molecule has 0 unspecified atom stereocenters. The molecule has 0 aromatic heterocycles. The molecule has 1 amide bonds. The number of carbonyl (C=O) groups is 1. The fourth-order valence-corrected chi connectivity index (χ4v) is 0.783. The summed E-state index contributed by atoms with van der Waals surface area (Å²) >= 11 is 0. The SMILES string of the molecule is CN1CCCC1=O.O=P. The van der Waals surface area contributed by atoms with Crippen LogP contribution in [0.5, 0.6) is 0 Å². The topological polar surface area (TPSA) is 37.4 Å². The van der Waals surface area contributed by atoms with Crippen LogP contribution in [-0.2, 0) is 9.36 Å². The molecule has 52 valence electrons. The van der Waals surface area contributed by atoms with Crippen LogP contribution in [0.3, 0.4) is 0 Å². The van der Waals surface area contributed by atoms with Gasteiger partial charge in [0.2, 0.25) is 5.91 Å². The third-order valence-corrected chi connectivity index (χ3v) is 1.31. The van der Waals surface area contributed by atoms with Gasteiger partial charge in [-0.2, -0.15) is 0 Å². The van der Waals surface area contributed by atoms with Crippen molar-refractivity contribution in [2.45, 2.75) is 12.8 Å². The molecule has 0 bridgehead atoms. The Morgan fingerprint density at radius 1 is 1.56 bits per heavy atom. The highest BCUT2D eigenvalue weighted by Crippen LogP contribution is 2.04. The fourth-order valence-electron chi connectivity index (χ4n) is 0.783. The van der Waals surface area contributed by atoms with E-state index < -0.39 is 0 Å². The molecule has 1 aliphatic heterocycles. The highest BCUT2D eigenvalue weighted by molar-refractivity contribution is 7.00. The van der Waals surface area contributed by atoms with Crippen molar-refractivity contribution in [1.82, 2.24) is 4.90 Å². The molecule has 0 N–H and O–H groups in total. The Hall–Kier alpha value is -0.430. The highest BCUT2D eigenvalue weighted by atomic mass is 31.0. The molecule has 0 atom stereocenters. The molecule has 0 radical (unpaired) electrons. The van der Waals surface area contributed by atoms with Gasteiger partial charge in [-0.1, -0.05) is 0 Å². The molecule has 0 aliphatic carbocycles. The normalized spacial score (nSPS) is 17.0. The first-order chi connectivity index (χ1) is 4.30. The average molecular weight is 147 g/mol. The van der Waals surface area contributed by atoms with Crippen LogP contribution in [0.15, 0.2) is 0 Å². The second-order valence-electron chi connectivity index (χ2n) is 1.92. The molecule has 1 fully saturated rings. The number of amides is 1. The van der Waals surface area contributed by atoms with Gasteiger partial charge in [0.15, 0.2) is 0 Å². The van der Waals surface area contributed by atoms with Crippen molar-refractivity contribution in [3.63, 3.8) is 0 Å². The summed E-state index contributed by atoms with van der Waals surface area (Å²) in [5, 5.41) is 0. The van der Waals surface area contributed by atoms with Crippen molar-refractivity contribution >= 4 is 15.0 Å². The molecule has 1 aliphatic rings. The van der Waals surface area contributed by atoms with Gasteiger partial charge in [0, 0.05) is 20.0 Å². The highest BCUT2D eigenvalue weighted by Gasteiger charge is 2.14. The third-order valence-electron chi connectivity index (χ3n) is 1.31. The summed E-state index contributed by atoms with van der Waals surface area (Å²) in [4.78, 5) is 12.3. The summed E-state index contributed by atoms with van der Waals surface area (Å²) in [5.41, 5.74) is 0. The van der Waals surface area contributed by atoms with E-state index in [4.69, 9.17) is 4.57 Å². The second kappa shape index (κ2) is 4.45. The number of hydrogen-bond acceptors (Lipinski definition) is 2. The van der Waals surface area contributed by atoms with Crippen LogP contribution in [0, 0.1) is 0 Å². The van der Waals surface area contributed by atoms with Crippen molar-refractivity contribution in [1.29, 1.82) is 0 Å². The Morgan fingerprint density at radius 2 is 2.11 bits per heavy atom. The van der Waals surface area contributed by atoms with Gasteiger partial charge in [0.05, 0.1) is 0 Å². The fraction of sp³-hybridized carbons (Fsp3) is 0.800. The summed E-state index contributed by atoms with van der Waals surface area (Å²) < 4.78 is 8.06. The van der Waals surface area contributed by atoms with Crippen molar-refractivity contribution in [2.75, 3.05) is 13.6 Å². The largest absolute Gasteiger partial charge is 0.346 e. The Balaban J connectivity index is 0.000000291. The summed E-state index contributed by atoms with van der Waals surface area (Å²) in [6.07, 6.45) is 1.81. The summed E-state index contributed by atoms with van der Waals surface area (Å²) in [5.74, 6) is 0.292. The van der Waals surface area contributed by atoms with E-state index >= 15 is 0 Å².